The van der Waals surface area contributed by atoms with Crippen LogP contribution in [0.5, 0.6) is 0 Å². The molecule has 0 aliphatic rings. The van der Waals surface area contributed by atoms with Crippen molar-refractivity contribution in [1.29, 1.82) is 0 Å². The minimum absolute atomic E-state index is 0.125. The Kier molecular flexibility index (Phi) is 5.12. The summed E-state index contributed by atoms with van der Waals surface area (Å²) in [7, 11) is 0. The first-order chi connectivity index (χ1) is 12.9. The highest BCUT2D eigenvalue weighted by molar-refractivity contribution is 6.14. The van der Waals surface area contributed by atoms with Gasteiger partial charge in [0.05, 0.1) is 0 Å². The Hall–Kier alpha value is -3.35. The number of carbonyl (C=O) groups is 2. The van der Waals surface area contributed by atoms with Gasteiger partial charge in [0.1, 0.15) is 17.1 Å². The Bertz CT molecular complexity index is 1010. The van der Waals surface area contributed by atoms with Gasteiger partial charge in [-0.2, -0.15) is 0 Å². The van der Waals surface area contributed by atoms with Gasteiger partial charge in [0.25, 0.3) is 11.8 Å². The summed E-state index contributed by atoms with van der Waals surface area (Å²) in [6.45, 7) is 5.70. The van der Waals surface area contributed by atoms with E-state index in [1.165, 1.54) is 18.2 Å². The molecule has 0 aliphatic carbocycles. The lowest BCUT2D eigenvalue weighted by Gasteiger charge is -2.20. The largest absolute Gasteiger partial charge is 0.449 e. The van der Waals surface area contributed by atoms with E-state index in [2.05, 4.69) is 10.2 Å². The summed E-state index contributed by atoms with van der Waals surface area (Å²) in [4.78, 5) is 26.4. The second kappa shape index (κ2) is 7.49. The normalized spacial score (nSPS) is 10.8. The molecular weight excluding hydrogens is 349 g/mol. The number of primary amides is 1. The van der Waals surface area contributed by atoms with Gasteiger partial charge in [-0.1, -0.05) is 6.07 Å². The quantitative estimate of drug-likeness (QED) is 0.692. The lowest BCUT2D eigenvalue weighted by Crippen LogP contribution is -2.21. The van der Waals surface area contributed by atoms with Crippen molar-refractivity contribution in [1.82, 2.24) is 0 Å². The lowest BCUT2D eigenvalue weighted by atomic mass is 10.1. The van der Waals surface area contributed by atoms with E-state index < -0.39 is 17.6 Å². The second-order valence-corrected chi connectivity index (χ2v) is 5.99. The summed E-state index contributed by atoms with van der Waals surface area (Å²) < 4.78 is 19.0. The summed E-state index contributed by atoms with van der Waals surface area (Å²) in [5.41, 5.74) is 7.08. The van der Waals surface area contributed by atoms with Crippen molar-refractivity contribution >= 4 is 34.2 Å². The molecule has 0 saturated carbocycles. The van der Waals surface area contributed by atoms with Gasteiger partial charge >= 0.3 is 0 Å². The monoisotopic (exact) mass is 369 g/mol. The standard InChI is InChI=1S/C20H20FN3O3/c1-3-24(4-2)14-8-9-15-16(11-14)27-18(19(22)25)17(15)23-20(26)12-6-5-7-13(21)10-12/h5-11H,3-4H2,1-2H3,(H2,22,25)(H,23,26). The van der Waals surface area contributed by atoms with Gasteiger partial charge in [0.2, 0.25) is 5.76 Å². The van der Waals surface area contributed by atoms with Crippen LogP contribution in [0.25, 0.3) is 11.0 Å². The summed E-state index contributed by atoms with van der Waals surface area (Å²) >= 11 is 0. The molecule has 0 atom stereocenters. The second-order valence-electron chi connectivity index (χ2n) is 5.99. The molecule has 0 bridgehead atoms. The molecule has 3 rings (SSSR count). The number of carbonyl (C=O) groups excluding carboxylic acids is 2. The van der Waals surface area contributed by atoms with Gasteiger partial charge in [-0.25, -0.2) is 4.39 Å². The number of amides is 2. The molecule has 3 N–H and O–H groups in total. The van der Waals surface area contributed by atoms with E-state index >= 15 is 0 Å². The third-order valence-electron chi connectivity index (χ3n) is 4.35. The van der Waals surface area contributed by atoms with Gasteiger partial charge in [-0.15, -0.1) is 0 Å². The number of fused-ring (bicyclic) bond motifs is 1. The number of rotatable bonds is 6. The number of nitrogens with zero attached hydrogens (tertiary/aromatic N) is 1. The molecule has 0 saturated heterocycles. The van der Waals surface area contributed by atoms with Crippen molar-refractivity contribution in [3.8, 4) is 0 Å². The Morgan fingerprint density at radius 2 is 1.89 bits per heavy atom. The minimum atomic E-state index is -0.801. The van der Waals surface area contributed by atoms with Crippen molar-refractivity contribution in [3.63, 3.8) is 0 Å². The highest BCUT2D eigenvalue weighted by Gasteiger charge is 2.22. The van der Waals surface area contributed by atoms with Crippen LogP contribution in [0.15, 0.2) is 46.9 Å². The van der Waals surface area contributed by atoms with E-state index in [1.807, 2.05) is 19.9 Å². The molecule has 1 heterocycles. The maximum atomic E-state index is 13.4. The van der Waals surface area contributed by atoms with Crippen LogP contribution in [-0.4, -0.2) is 24.9 Å². The van der Waals surface area contributed by atoms with Crippen LogP contribution in [-0.2, 0) is 0 Å². The van der Waals surface area contributed by atoms with Gasteiger partial charge in [0, 0.05) is 35.8 Å². The van der Waals surface area contributed by atoms with Gasteiger partial charge in [0.15, 0.2) is 0 Å². The molecular formula is C20H20FN3O3. The van der Waals surface area contributed by atoms with E-state index in [0.29, 0.717) is 11.0 Å². The fourth-order valence-electron chi connectivity index (χ4n) is 2.98. The van der Waals surface area contributed by atoms with Crippen LogP contribution in [0.1, 0.15) is 34.8 Å². The predicted octanol–water partition coefficient (Wildman–Crippen LogP) is 3.77. The molecule has 0 spiro atoms. The maximum absolute atomic E-state index is 13.4. The topological polar surface area (TPSA) is 88.6 Å². The fourth-order valence-corrected chi connectivity index (χ4v) is 2.98. The van der Waals surface area contributed by atoms with E-state index in [-0.39, 0.29) is 17.0 Å². The van der Waals surface area contributed by atoms with E-state index in [9.17, 15) is 14.0 Å². The number of furan rings is 1. The highest BCUT2D eigenvalue weighted by Crippen LogP contribution is 2.34. The Morgan fingerprint density at radius 1 is 1.15 bits per heavy atom. The molecule has 3 aromatic rings. The van der Waals surface area contributed by atoms with Crippen LogP contribution < -0.4 is 16.0 Å². The first-order valence-electron chi connectivity index (χ1n) is 8.62. The molecule has 0 unspecified atom stereocenters. The average Bonchev–Trinajstić information content (AvgIpc) is 3.01. The van der Waals surface area contributed by atoms with Crippen LogP contribution in [0.4, 0.5) is 15.8 Å². The first-order valence-corrected chi connectivity index (χ1v) is 8.62. The summed E-state index contributed by atoms with van der Waals surface area (Å²) in [5.74, 6) is -2.04. The molecule has 2 amide bonds. The number of hydrogen-bond acceptors (Lipinski definition) is 4. The smallest absolute Gasteiger partial charge is 0.286 e. The summed E-state index contributed by atoms with van der Waals surface area (Å²) in [6.07, 6.45) is 0. The molecule has 0 aliphatic heterocycles. The van der Waals surface area contributed by atoms with E-state index in [1.54, 1.807) is 12.1 Å². The van der Waals surface area contributed by atoms with Crippen molar-refractivity contribution < 1.29 is 18.4 Å². The average molecular weight is 369 g/mol. The van der Waals surface area contributed by atoms with Gasteiger partial charge in [-0.05, 0) is 44.2 Å². The van der Waals surface area contributed by atoms with Crippen LogP contribution >= 0.6 is 0 Å². The zero-order valence-electron chi connectivity index (χ0n) is 15.1. The molecule has 2 aromatic carbocycles. The van der Waals surface area contributed by atoms with Crippen molar-refractivity contribution in [3.05, 3.63) is 59.6 Å². The number of benzene rings is 2. The Balaban J connectivity index is 2.04. The molecule has 6 nitrogen and oxygen atoms in total. The molecule has 7 heteroatoms. The third kappa shape index (κ3) is 3.62. The van der Waals surface area contributed by atoms with Crippen LogP contribution in [0.2, 0.25) is 0 Å². The van der Waals surface area contributed by atoms with Crippen molar-refractivity contribution in [2.24, 2.45) is 5.73 Å². The van der Waals surface area contributed by atoms with Crippen LogP contribution in [0, 0.1) is 5.82 Å². The number of nitrogens with two attached hydrogens (primary N) is 1. The van der Waals surface area contributed by atoms with E-state index in [0.717, 1.165) is 24.8 Å². The Labute approximate surface area is 155 Å². The fraction of sp³-hybridized carbons (Fsp3) is 0.200. The SMILES string of the molecule is CCN(CC)c1ccc2c(NC(=O)c3cccc(F)c3)c(C(N)=O)oc2c1. The van der Waals surface area contributed by atoms with Crippen LogP contribution in [0.3, 0.4) is 0 Å². The number of hydrogen-bond donors (Lipinski definition) is 2. The zero-order chi connectivity index (χ0) is 19.6. The number of halogens is 1. The van der Waals surface area contributed by atoms with Gasteiger partial charge in [-0.3, -0.25) is 9.59 Å². The van der Waals surface area contributed by atoms with Crippen molar-refractivity contribution in [2.45, 2.75) is 13.8 Å². The highest BCUT2D eigenvalue weighted by atomic mass is 19.1. The maximum Gasteiger partial charge on any atom is 0.286 e. The number of anilines is 2. The molecule has 0 radical (unpaired) electrons. The molecule has 1 aromatic heterocycles. The zero-order valence-corrected chi connectivity index (χ0v) is 15.1. The number of nitrogens with one attached hydrogen (secondary N) is 1. The first kappa shape index (κ1) is 18.4. The van der Waals surface area contributed by atoms with Crippen molar-refractivity contribution in [2.75, 3.05) is 23.3 Å². The predicted molar refractivity (Wildman–Crippen MR) is 103 cm³/mol. The minimum Gasteiger partial charge on any atom is -0.449 e. The summed E-state index contributed by atoms with van der Waals surface area (Å²) in [5, 5.41) is 3.17. The molecule has 140 valence electrons. The molecule has 0 fully saturated rings. The third-order valence-corrected chi connectivity index (χ3v) is 4.35. The Morgan fingerprint density at radius 3 is 2.52 bits per heavy atom. The van der Waals surface area contributed by atoms with E-state index in [4.69, 9.17) is 10.2 Å². The summed E-state index contributed by atoms with van der Waals surface area (Å²) in [6, 6.07) is 10.7. The lowest BCUT2D eigenvalue weighted by molar-refractivity contribution is 0.0977. The van der Waals surface area contributed by atoms with Gasteiger partial charge < -0.3 is 20.4 Å². The molecule has 27 heavy (non-hydrogen) atoms.